The van der Waals surface area contributed by atoms with Crippen molar-refractivity contribution in [3.8, 4) is 0 Å². The number of aromatic nitrogens is 1. The second kappa shape index (κ2) is 7.43. The van der Waals surface area contributed by atoms with E-state index < -0.39 is 6.10 Å². The minimum atomic E-state index is -0.499. The molecule has 132 valence electrons. The minimum absolute atomic E-state index is 0.492. The standard InChI is InChI=1S/C21H18Br2N2O/c22-14-5-8-16(9-6-14)24-12-17(26)13-25-20-4-2-1-3-18(20)19-11-15(23)7-10-21(19)25/h1-11,17,24,26H,12-13H2. The third-order valence-electron chi connectivity index (χ3n) is 4.51. The highest BCUT2D eigenvalue weighted by Gasteiger charge is 2.13. The molecule has 0 aliphatic carbocycles. The number of nitrogens with zero attached hydrogens (tertiary/aromatic N) is 1. The molecule has 0 amide bonds. The van der Waals surface area contributed by atoms with Crippen LogP contribution in [0.4, 0.5) is 5.69 Å². The fraction of sp³-hybridized carbons (Fsp3) is 0.143. The zero-order chi connectivity index (χ0) is 18.1. The molecule has 0 aliphatic rings. The zero-order valence-corrected chi connectivity index (χ0v) is 17.2. The van der Waals surface area contributed by atoms with Crippen molar-refractivity contribution < 1.29 is 5.11 Å². The summed E-state index contributed by atoms with van der Waals surface area (Å²) >= 11 is 6.99. The molecule has 0 saturated carbocycles. The molecule has 4 rings (SSSR count). The van der Waals surface area contributed by atoms with Crippen LogP contribution in [0.1, 0.15) is 0 Å². The molecule has 1 atom stereocenters. The Bertz CT molecular complexity index is 1060. The Morgan fingerprint density at radius 1 is 0.846 bits per heavy atom. The molecule has 26 heavy (non-hydrogen) atoms. The van der Waals surface area contributed by atoms with E-state index in [0.29, 0.717) is 13.1 Å². The van der Waals surface area contributed by atoms with Gasteiger partial charge in [0.05, 0.1) is 12.6 Å². The lowest BCUT2D eigenvalue weighted by atomic mass is 10.2. The fourth-order valence-electron chi connectivity index (χ4n) is 3.30. The molecule has 0 spiro atoms. The number of aliphatic hydroxyl groups is 1. The molecule has 2 N–H and O–H groups in total. The molecule has 0 saturated heterocycles. The number of hydrogen-bond acceptors (Lipinski definition) is 2. The summed E-state index contributed by atoms with van der Waals surface area (Å²) < 4.78 is 4.30. The van der Waals surface area contributed by atoms with Gasteiger partial charge >= 0.3 is 0 Å². The third kappa shape index (κ3) is 3.52. The largest absolute Gasteiger partial charge is 0.389 e. The molecule has 5 heteroatoms. The van der Waals surface area contributed by atoms with Crippen LogP contribution in [0.2, 0.25) is 0 Å². The molecule has 3 aromatic carbocycles. The Balaban J connectivity index is 1.60. The summed E-state index contributed by atoms with van der Waals surface area (Å²) in [6, 6.07) is 22.6. The van der Waals surface area contributed by atoms with Crippen molar-refractivity contribution in [1.82, 2.24) is 4.57 Å². The molecule has 1 aromatic heterocycles. The van der Waals surface area contributed by atoms with Crippen molar-refractivity contribution in [3.05, 3.63) is 75.7 Å². The maximum Gasteiger partial charge on any atom is 0.0891 e. The van der Waals surface area contributed by atoms with Gasteiger partial charge in [0, 0.05) is 43.0 Å². The number of para-hydroxylation sites is 1. The Morgan fingerprint density at radius 2 is 1.54 bits per heavy atom. The Hall–Kier alpha value is -1.82. The lowest BCUT2D eigenvalue weighted by Crippen LogP contribution is -2.24. The van der Waals surface area contributed by atoms with Crippen molar-refractivity contribution in [2.24, 2.45) is 0 Å². The number of halogens is 2. The highest BCUT2D eigenvalue weighted by molar-refractivity contribution is 9.10. The molecule has 0 bridgehead atoms. The van der Waals surface area contributed by atoms with Crippen molar-refractivity contribution in [3.63, 3.8) is 0 Å². The van der Waals surface area contributed by atoms with E-state index in [1.807, 2.05) is 36.4 Å². The molecule has 1 unspecified atom stereocenters. The van der Waals surface area contributed by atoms with Crippen molar-refractivity contribution >= 4 is 59.4 Å². The van der Waals surface area contributed by atoms with E-state index in [1.165, 1.54) is 10.8 Å². The summed E-state index contributed by atoms with van der Waals surface area (Å²) in [6.07, 6.45) is -0.499. The van der Waals surface area contributed by atoms with Gasteiger partial charge in [0.25, 0.3) is 0 Å². The average molecular weight is 474 g/mol. The monoisotopic (exact) mass is 472 g/mol. The van der Waals surface area contributed by atoms with Crippen molar-refractivity contribution in [2.75, 3.05) is 11.9 Å². The van der Waals surface area contributed by atoms with Gasteiger partial charge in [0.1, 0.15) is 0 Å². The van der Waals surface area contributed by atoms with E-state index in [9.17, 15) is 5.11 Å². The lowest BCUT2D eigenvalue weighted by molar-refractivity contribution is 0.169. The van der Waals surface area contributed by atoms with Crippen LogP contribution in [0.25, 0.3) is 21.8 Å². The van der Waals surface area contributed by atoms with E-state index in [-0.39, 0.29) is 0 Å². The molecule has 0 fully saturated rings. The van der Waals surface area contributed by atoms with Crippen LogP contribution in [0, 0.1) is 0 Å². The second-order valence-corrected chi connectivity index (χ2v) is 8.16. The number of aliphatic hydroxyl groups excluding tert-OH is 1. The first-order chi connectivity index (χ1) is 12.6. The maximum atomic E-state index is 10.6. The second-order valence-electron chi connectivity index (χ2n) is 6.33. The smallest absolute Gasteiger partial charge is 0.0891 e. The Morgan fingerprint density at radius 3 is 2.35 bits per heavy atom. The molecule has 4 aromatic rings. The topological polar surface area (TPSA) is 37.2 Å². The SMILES string of the molecule is OC(CNc1ccc(Br)cc1)Cn1c2ccccc2c2cc(Br)ccc21. The number of fused-ring (bicyclic) bond motifs is 3. The first-order valence-electron chi connectivity index (χ1n) is 8.46. The van der Waals surface area contributed by atoms with Gasteiger partial charge in [-0.2, -0.15) is 0 Å². The van der Waals surface area contributed by atoms with Crippen LogP contribution in [0.5, 0.6) is 0 Å². The van der Waals surface area contributed by atoms with Gasteiger partial charge in [-0.3, -0.25) is 0 Å². The number of hydrogen-bond donors (Lipinski definition) is 2. The number of nitrogens with one attached hydrogen (secondary N) is 1. The fourth-order valence-corrected chi connectivity index (χ4v) is 3.93. The third-order valence-corrected chi connectivity index (χ3v) is 5.54. The Kier molecular flexibility index (Phi) is 5.02. The van der Waals surface area contributed by atoms with E-state index in [0.717, 1.165) is 25.7 Å². The molecule has 0 radical (unpaired) electrons. The maximum absolute atomic E-state index is 10.6. The van der Waals surface area contributed by atoms with Crippen molar-refractivity contribution in [2.45, 2.75) is 12.6 Å². The Labute approximate surface area is 168 Å². The lowest BCUT2D eigenvalue weighted by Gasteiger charge is -2.15. The predicted octanol–water partition coefficient (Wildman–Crippen LogP) is 5.79. The molecular weight excluding hydrogens is 456 g/mol. The average Bonchev–Trinajstić information content (AvgIpc) is 2.95. The van der Waals surface area contributed by atoms with E-state index >= 15 is 0 Å². The highest BCUT2D eigenvalue weighted by atomic mass is 79.9. The number of rotatable bonds is 5. The van der Waals surface area contributed by atoms with E-state index in [4.69, 9.17) is 0 Å². The zero-order valence-electron chi connectivity index (χ0n) is 14.0. The minimum Gasteiger partial charge on any atom is -0.389 e. The summed E-state index contributed by atoms with van der Waals surface area (Å²) in [5, 5.41) is 16.3. The normalized spacial score (nSPS) is 12.6. The van der Waals surface area contributed by atoms with Gasteiger partial charge in [-0.25, -0.2) is 0 Å². The quantitative estimate of drug-likeness (QED) is 0.384. The summed E-state index contributed by atoms with van der Waals surface area (Å²) in [6.45, 7) is 1.03. The summed E-state index contributed by atoms with van der Waals surface area (Å²) in [4.78, 5) is 0. The van der Waals surface area contributed by atoms with Crippen LogP contribution in [0.15, 0.2) is 75.7 Å². The van der Waals surface area contributed by atoms with Crippen LogP contribution >= 0.6 is 31.9 Å². The molecular formula is C21H18Br2N2O. The van der Waals surface area contributed by atoms with Gasteiger partial charge in [0.15, 0.2) is 0 Å². The van der Waals surface area contributed by atoms with Crippen molar-refractivity contribution in [1.29, 1.82) is 0 Å². The highest BCUT2D eigenvalue weighted by Crippen LogP contribution is 2.31. The predicted molar refractivity (Wildman–Crippen MR) is 116 cm³/mol. The van der Waals surface area contributed by atoms with Gasteiger partial charge in [0.2, 0.25) is 0 Å². The number of benzene rings is 3. The first-order valence-corrected chi connectivity index (χ1v) is 10.0. The molecule has 0 aliphatic heterocycles. The van der Waals surface area contributed by atoms with E-state index in [1.54, 1.807) is 0 Å². The van der Waals surface area contributed by atoms with Gasteiger partial charge in [-0.05, 0) is 48.5 Å². The van der Waals surface area contributed by atoms with Gasteiger partial charge in [-0.15, -0.1) is 0 Å². The summed E-state index contributed by atoms with van der Waals surface area (Å²) in [5.41, 5.74) is 3.28. The van der Waals surface area contributed by atoms with Crippen LogP contribution in [0.3, 0.4) is 0 Å². The van der Waals surface area contributed by atoms with Crippen LogP contribution < -0.4 is 5.32 Å². The van der Waals surface area contributed by atoms with Crippen LogP contribution in [-0.2, 0) is 6.54 Å². The van der Waals surface area contributed by atoms with Gasteiger partial charge in [-0.1, -0.05) is 50.1 Å². The molecule has 3 nitrogen and oxygen atoms in total. The van der Waals surface area contributed by atoms with E-state index in [2.05, 4.69) is 72.1 Å². The summed E-state index contributed by atoms with van der Waals surface area (Å²) in [7, 11) is 0. The van der Waals surface area contributed by atoms with Gasteiger partial charge < -0.3 is 15.0 Å². The van der Waals surface area contributed by atoms with Crippen LogP contribution in [-0.4, -0.2) is 22.3 Å². The first kappa shape index (κ1) is 17.6. The molecule has 1 heterocycles. The summed E-state index contributed by atoms with van der Waals surface area (Å²) in [5.74, 6) is 0. The number of anilines is 1.